The Kier molecular flexibility index (Phi) is 3.60. The molecule has 1 unspecified atom stereocenters. The number of benzene rings is 1. The number of carbonyl (C=O) groups excluding carboxylic acids is 1. The molecule has 2 rings (SSSR count). The van der Waals surface area contributed by atoms with E-state index in [1.165, 1.54) is 11.8 Å². The van der Waals surface area contributed by atoms with Crippen LogP contribution in [0.4, 0.5) is 0 Å². The average molecular weight is 261 g/mol. The Morgan fingerprint density at radius 1 is 1.26 bits per heavy atom. The van der Waals surface area contributed by atoms with Gasteiger partial charge in [-0.3, -0.25) is 4.79 Å². The molecule has 0 bridgehead atoms. The van der Waals surface area contributed by atoms with Crippen LogP contribution >= 0.6 is 0 Å². The molecule has 1 aliphatic rings. The third-order valence-corrected chi connectivity index (χ3v) is 3.66. The lowest BCUT2D eigenvalue weighted by Crippen LogP contribution is -2.39. The maximum atomic E-state index is 11.8. The predicted molar refractivity (Wildman–Crippen MR) is 71.8 cm³/mol. The third kappa shape index (κ3) is 2.78. The number of aryl methyl sites for hydroxylation is 2. The van der Waals surface area contributed by atoms with Crippen LogP contribution in [0.15, 0.2) is 18.2 Å². The van der Waals surface area contributed by atoms with Gasteiger partial charge in [-0.05, 0) is 43.4 Å². The van der Waals surface area contributed by atoms with Gasteiger partial charge in [0.2, 0.25) is 5.91 Å². The van der Waals surface area contributed by atoms with E-state index in [0.717, 1.165) is 24.0 Å². The average Bonchev–Trinajstić information content (AvgIpc) is 3.12. The standard InChI is InChI=1S/C15H19NO3/c1-9-4-5-12(8-10(9)2)14(15(18)19)16(11(3)17)13-6-7-13/h4-5,8,13-14H,6-7H2,1-3H3,(H,18,19). The second-order valence-corrected chi connectivity index (χ2v) is 5.24. The molecule has 4 nitrogen and oxygen atoms in total. The Morgan fingerprint density at radius 2 is 1.89 bits per heavy atom. The molecule has 4 heteroatoms. The number of amides is 1. The Labute approximate surface area is 113 Å². The monoisotopic (exact) mass is 261 g/mol. The lowest BCUT2D eigenvalue weighted by atomic mass is 9.99. The van der Waals surface area contributed by atoms with Gasteiger partial charge in [-0.25, -0.2) is 4.79 Å². The van der Waals surface area contributed by atoms with Gasteiger partial charge >= 0.3 is 5.97 Å². The summed E-state index contributed by atoms with van der Waals surface area (Å²) in [5.74, 6) is -1.14. The highest BCUT2D eigenvalue weighted by Gasteiger charge is 2.39. The molecule has 1 atom stereocenters. The van der Waals surface area contributed by atoms with Crippen molar-refractivity contribution in [1.29, 1.82) is 0 Å². The molecule has 1 fully saturated rings. The van der Waals surface area contributed by atoms with Crippen molar-refractivity contribution in [3.05, 3.63) is 34.9 Å². The van der Waals surface area contributed by atoms with E-state index in [1.807, 2.05) is 26.0 Å². The van der Waals surface area contributed by atoms with E-state index >= 15 is 0 Å². The molecule has 0 radical (unpaired) electrons. The largest absolute Gasteiger partial charge is 0.479 e. The maximum Gasteiger partial charge on any atom is 0.331 e. The van der Waals surface area contributed by atoms with Crippen LogP contribution in [0.25, 0.3) is 0 Å². The van der Waals surface area contributed by atoms with Gasteiger partial charge in [0.25, 0.3) is 0 Å². The van der Waals surface area contributed by atoms with Crippen molar-refractivity contribution in [1.82, 2.24) is 4.90 Å². The zero-order chi connectivity index (χ0) is 14.2. The number of hydrogen-bond donors (Lipinski definition) is 1. The Bertz CT molecular complexity index is 520. The van der Waals surface area contributed by atoms with Gasteiger partial charge < -0.3 is 10.0 Å². The summed E-state index contributed by atoms with van der Waals surface area (Å²) in [5.41, 5.74) is 2.84. The number of rotatable bonds is 4. The molecule has 1 N–H and O–H groups in total. The summed E-state index contributed by atoms with van der Waals surface area (Å²) in [6.45, 7) is 5.38. The van der Waals surface area contributed by atoms with Crippen LogP contribution < -0.4 is 0 Å². The van der Waals surface area contributed by atoms with Crippen LogP contribution in [-0.2, 0) is 9.59 Å². The fourth-order valence-corrected chi connectivity index (χ4v) is 2.36. The molecule has 0 heterocycles. The molecule has 1 saturated carbocycles. The zero-order valence-corrected chi connectivity index (χ0v) is 11.5. The molecule has 102 valence electrons. The second kappa shape index (κ2) is 5.03. The first-order chi connectivity index (χ1) is 8.91. The van der Waals surface area contributed by atoms with Crippen molar-refractivity contribution in [3.63, 3.8) is 0 Å². The SMILES string of the molecule is CC(=O)N(C1CC1)C(C(=O)O)c1ccc(C)c(C)c1. The first-order valence-electron chi connectivity index (χ1n) is 6.50. The van der Waals surface area contributed by atoms with Crippen molar-refractivity contribution in [3.8, 4) is 0 Å². The van der Waals surface area contributed by atoms with E-state index in [9.17, 15) is 14.7 Å². The molecule has 1 amide bonds. The van der Waals surface area contributed by atoms with Crippen molar-refractivity contribution in [2.75, 3.05) is 0 Å². The number of carboxylic acid groups (broad SMARTS) is 1. The van der Waals surface area contributed by atoms with Gasteiger partial charge in [-0.2, -0.15) is 0 Å². The summed E-state index contributed by atoms with van der Waals surface area (Å²) in [6, 6.07) is 4.79. The van der Waals surface area contributed by atoms with E-state index in [2.05, 4.69) is 0 Å². The zero-order valence-electron chi connectivity index (χ0n) is 11.5. The third-order valence-electron chi connectivity index (χ3n) is 3.66. The second-order valence-electron chi connectivity index (χ2n) is 5.24. The molecule has 1 aliphatic carbocycles. The van der Waals surface area contributed by atoms with E-state index in [1.54, 1.807) is 6.07 Å². The van der Waals surface area contributed by atoms with E-state index in [-0.39, 0.29) is 11.9 Å². The molecule has 1 aromatic rings. The molecule has 0 saturated heterocycles. The van der Waals surface area contributed by atoms with E-state index < -0.39 is 12.0 Å². The highest BCUT2D eigenvalue weighted by atomic mass is 16.4. The van der Waals surface area contributed by atoms with Gasteiger partial charge in [0.05, 0.1) is 0 Å². The lowest BCUT2D eigenvalue weighted by molar-refractivity contribution is -0.150. The smallest absolute Gasteiger partial charge is 0.331 e. The summed E-state index contributed by atoms with van der Waals surface area (Å²) in [6.07, 6.45) is 1.79. The summed E-state index contributed by atoms with van der Waals surface area (Å²) in [4.78, 5) is 24.8. The Hall–Kier alpha value is -1.84. The van der Waals surface area contributed by atoms with Crippen LogP contribution in [0, 0.1) is 13.8 Å². The van der Waals surface area contributed by atoms with Crippen LogP contribution in [-0.4, -0.2) is 27.9 Å². The fraction of sp³-hybridized carbons (Fsp3) is 0.467. The topological polar surface area (TPSA) is 57.6 Å². The number of carbonyl (C=O) groups is 2. The normalized spacial score (nSPS) is 15.9. The van der Waals surface area contributed by atoms with Crippen molar-refractivity contribution in [2.24, 2.45) is 0 Å². The highest BCUT2D eigenvalue weighted by Crippen LogP contribution is 2.35. The minimum Gasteiger partial charge on any atom is -0.479 e. The van der Waals surface area contributed by atoms with Gasteiger partial charge in [-0.1, -0.05) is 18.2 Å². The number of carboxylic acids is 1. The molecular formula is C15H19NO3. The maximum absolute atomic E-state index is 11.8. The molecule has 19 heavy (non-hydrogen) atoms. The van der Waals surface area contributed by atoms with Crippen molar-refractivity contribution in [2.45, 2.75) is 45.7 Å². The number of hydrogen-bond acceptors (Lipinski definition) is 2. The highest BCUT2D eigenvalue weighted by molar-refractivity contribution is 5.84. The molecule has 0 spiro atoms. The summed E-state index contributed by atoms with van der Waals surface area (Å²) >= 11 is 0. The number of nitrogens with zero attached hydrogens (tertiary/aromatic N) is 1. The number of aliphatic carboxylic acids is 1. The quantitative estimate of drug-likeness (QED) is 0.905. The van der Waals surface area contributed by atoms with Crippen molar-refractivity contribution >= 4 is 11.9 Å². The van der Waals surface area contributed by atoms with Crippen molar-refractivity contribution < 1.29 is 14.7 Å². The van der Waals surface area contributed by atoms with Crippen LogP contribution in [0.3, 0.4) is 0 Å². The minimum absolute atomic E-state index is 0.0835. The van der Waals surface area contributed by atoms with Gasteiger partial charge in [0, 0.05) is 13.0 Å². The predicted octanol–water partition coefficient (Wildman–Crippen LogP) is 2.44. The van der Waals surface area contributed by atoms with E-state index in [0.29, 0.717) is 5.56 Å². The summed E-state index contributed by atoms with van der Waals surface area (Å²) < 4.78 is 0. The van der Waals surface area contributed by atoms with Gasteiger partial charge in [0.1, 0.15) is 0 Å². The van der Waals surface area contributed by atoms with Crippen LogP contribution in [0.5, 0.6) is 0 Å². The van der Waals surface area contributed by atoms with Crippen LogP contribution in [0.2, 0.25) is 0 Å². The molecule has 0 aromatic heterocycles. The molecular weight excluding hydrogens is 242 g/mol. The lowest BCUT2D eigenvalue weighted by Gasteiger charge is -2.28. The summed E-state index contributed by atoms with van der Waals surface area (Å²) in [7, 11) is 0. The van der Waals surface area contributed by atoms with Crippen LogP contribution in [0.1, 0.15) is 42.5 Å². The van der Waals surface area contributed by atoms with E-state index in [4.69, 9.17) is 0 Å². The molecule has 1 aromatic carbocycles. The van der Waals surface area contributed by atoms with Gasteiger partial charge in [-0.15, -0.1) is 0 Å². The molecule has 0 aliphatic heterocycles. The fourth-order valence-electron chi connectivity index (χ4n) is 2.36. The summed E-state index contributed by atoms with van der Waals surface area (Å²) in [5, 5.41) is 9.49. The first-order valence-corrected chi connectivity index (χ1v) is 6.50. The van der Waals surface area contributed by atoms with Gasteiger partial charge in [0.15, 0.2) is 6.04 Å². The Balaban J connectivity index is 2.41. The Morgan fingerprint density at radius 3 is 2.32 bits per heavy atom. The minimum atomic E-state index is -0.967. The first kappa shape index (κ1) is 13.6.